The molecule has 138 valence electrons. The van der Waals surface area contributed by atoms with Crippen LogP contribution in [0.15, 0.2) is 36.7 Å². The van der Waals surface area contributed by atoms with Gasteiger partial charge in [-0.05, 0) is 30.5 Å². The number of carbonyl (C=O) groups is 1. The molecule has 1 aromatic carbocycles. The van der Waals surface area contributed by atoms with Gasteiger partial charge in [-0.1, -0.05) is 12.1 Å². The van der Waals surface area contributed by atoms with Gasteiger partial charge in [0.05, 0.1) is 6.54 Å². The predicted molar refractivity (Wildman–Crippen MR) is 93.8 cm³/mol. The molecular formula is C19H23FN4O2. The standard InChI is InChI=1S/C19H23FN4O2/c1-21-17(25)16-13-24-11-8-22-18(24)19(26-16)6-9-23(10-7-19)12-14-2-4-15(20)5-3-14/h2-5,8,11,16H,6-7,9-10,12-13H2,1H3,(H,21,25). The van der Waals surface area contributed by atoms with E-state index in [0.717, 1.165) is 43.9 Å². The van der Waals surface area contributed by atoms with E-state index in [9.17, 15) is 9.18 Å². The molecule has 0 aliphatic carbocycles. The van der Waals surface area contributed by atoms with E-state index in [1.165, 1.54) is 12.1 Å². The second kappa shape index (κ2) is 6.81. The van der Waals surface area contributed by atoms with Crippen LogP contribution in [0.4, 0.5) is 4.39 Å². The van der Waals surface area contributed by atoms with Crippen LogP contribution in [0, 0.1) is 5.82 Å². The summed E-state index contributed by atoms with van der Waals surface area (Å²) >= 11 is 0. The summed E-state index contributed by atoms with van der Waals surface area (Å²) in [6, 6.07) is 6.64. The zero-order valence-electron chi connectivity index (χ0n) is 14.8. The summed E-state index contributed by atoms with van der Waals surface area (Å²) in [5.74, 6) is 0.602. The van der Waals surface area contributed by atoms with Crippen molar-refractivity contribution in [2.45, 2.75) is 37.6 Å². The summed E-state index contributed by atoms with van der Waals surface area (Å²) in [6.07, 6.45) is 4.75. The Hall–Kier alpha value is -2.25. The maximum atomic E-state index is 13.1. The average Bonchev–Trinajstić information content (AvgIpc) is 3.14. The van der Waals surface area contributed by atoms with Crippen LogP contribution in [-0.2, 0) is 28.2 Å². The quantitative estimate of drug-likeness (QED) is 0.907. The minimum absolute atomic E-state index is 0.0996. The number of carbonyl (C=O) groups excluding carboxylic acids is 1. The molecule has 7 heteroatoms. The summed E-state index contributed by atoms with van der Waals surface area (Å²) in [6.45, 7) is 2.95. The second-order valence-corrected chi connectivity index (χ2v) is 7.02. The highest BCUT2D eigenvalue weighted by molar-refractivity contribution is 5.80. The number of benzene rings is 1. The van der Waals surface area contributed by atoms with Crippen molar-refractivity contribution >= 4 is 5.91 Å². The molecule has 0 bridgehead atoms. The van der Waals surface area contributed by atoms with Gasteiger partial charge in [-0.3, -0.25) is 9.69 Å². The van der Waals surface area contributed by atoms with Crippen molar-refractivity contribution in [3.8, 4) is 0 Å². The lowest BCUT2D eigenvalue weighted by atomic mass is 9.88. The van der Waals surface area contributed by atoms with Crippen LogP contribution in [-0.4, -0.2) is 46.6 Å². The maximum absolute atomic E-state index is 13.1. The average molecular weight is 358 g/mol. The van der Waals surface area contributed by atoms with Crippen molar-refractivity contribution in [2.24, 2.45) is 0 Å². The molecule has 1 spiro atoms. The van der Waals surface area contributed by atoms with Gasteiger partial charge in [0, 0.05) is 39.1 Å². The van der Waals surface area contributed by atoms with E-state index < -0.39 is 11.7 Å². The van der Waals surface area contributed by atoms with Crippen molar-refractivity contribution in [3.63, 3.8) is 0 Å². The van der Waals surface area contributed by atoms with Crippen molar-refractivity contribution in [2.75, 3.05) is 20.1 Å². The van der Waals surface area contributed by atoms with Gasteiger partial charge in [0.15, 0.2) is 6.10 Å². The molecule has 1 unspecified atom stereocenters. The molecule has 1 fully saturated rings. The first kappa shape index (κ1) is 17.2. The number of piperidine rings is 1. The lowest BCUT2D eigenvalue weighted by Gasteiger charge is -2.45. The molecule has 1 saturated heterocycles. The van der Waals surface area contributed by atoms with Crippen LogP contribution >= 0.6 is 0 Å². The fourth-order valence-electron chi connectivity index (χ4n) is 3.96. The molecule has 2 aliphatic rings. The first-order chi connectivity index (χ1) is 12.6. The molecule has 4 rings (SSSR count). The Bertz CT molecular complexity index is 781. The topological polar surface area (TPSA) is 59.4 Å². The zero-order chi connectivity index (χ0) is 18.1. The third-order valence-electron chi connectivity index (χ3n) is 5.38. The molecule has 2 aromatic rings. The minimum atomic E-state index is -0.516. The van der Waals surface area contributed by atoms with Crippen LogP contribution in [0.5, 0.6) is 0 Å². The Labute approximate surface area is 152 Å². The van der Waals surface area contributed by atoms with Crippen molar-refractivity contribution in [3.05, 3.63) is 53.9 Å². The molecule has 1 atom stereocenters. The highest BCUT2D eigenvalue weighted by atomic mass is 19.1. The normalized spacial score (nSPS) is 22.2. The largest absolute Gasteiger partial charge is 0.357 e. The zero-order valence-corrected chi connectivity index (χ0v) is 14.8. The number of nitrogens with one attached hydrogen (secondary N) is 1. The number of ether oxygens (including phenoxy) is 1. The van der Waals surface area contributed by atoms with Gasteiger partial charge in [-0.15, -0.1) is 0 Å². The Balaban J connectivity index is 1.48. The minimum Gasteiger partial charge on any atom is -0.357 e. The Morgan fingerprint density at radius 3 is 2.77 bits per heavy atom. The van der Waals surface area contributed by atoms with E-state index in [2.05, 4.69) is 15.2 Å². The van der Waals surface area contributed by atoms with Crippen LogP contribution in [0.3, 0.4) is 0 Å². The molecule has 1 amide bonds. The maximum Gasteiger partial charge on any atom is 0.250 e. The van der Waals surface area contributed by atoms with Crippen LogP contribution in [0.25, 0.3) is 0 Å². The molecule has 0 radical (unpaired) electrons. The number of nitrogens with zero attached hydrogens (tertiary/aromatic N) is 3. The summed E-state index contributed by atoms with van der Waals surface area (Å²) in [4.78, 5) is 19.0. The lowest BCUT2D eigenvalue weighted by Crippen LogP contribution is -2.53. The van der Waals surface area contributed by atoms with Gasteiger partial charge in [-0.2, -0.15) is 0 Å². The monoisotopic (exact) mass is 358 g/mol. The lowest BCUT2D eigenvalue weighted by molar-refractivity contribution is -0.173. The molecule has 2 aliphatic heterocycles. The smallest absolute Gasteiger partial charge is 0.250 e. The van der Waals surface area contributed by atoms with Gasteiger partial charge in [-0.25, -0.2) is 9.37 Å². The number of imidazole rings is 1. The third-order valence-corrected chi connectivity index (χ3v) is 5.38. The number of hydrogen-bond donors (Lipinski definition) is 1. The SMILES string of the molecule is CNC(=O)C1Cn2ccnc2C2(CCN(Cc3ccc(F)cc3)CC2)O1. The van der Waals surface area contributed by atoms with Gasteiger partial charge in [0.2, 0.25) is 0 Å². The van der Waals surface area contributed by atoms with Gasteiger partial charge < -0.3 is 14.6 Å². The van der Waals surface area contributed by atoms with E-state index in [1.807, 2.05) is 22.9 Å². The van der Waals surface area contributed by atoms with E-state index >= 15 is 0 Å². The molecular weight excluding hydrogens is 335 g/mol. The highest BCUT2D eigenvalue weighted by Crippen LogP contribution is 2.40. The number of fused-ring (bicyclic) bond motifs is 2. The fraction of sp³-hybridized carbons (Fsp3) is 0.474. The number of likely N-dealkylation sites (tertiary alicyclic amines) is 1. The summed E-state index contributed by atoms with van der Waals surface area (Å²) in [5, 5.41) is 2.69. The summed E-state index contributed by atoms with van der Waals surface area (Å²) in [7, 11) is 1.63. The van der Waals surface area contributed by atoms with E-state index in [0.29, 0.717) is 6.54 Å². The molecule has 1 aromatic heterocycles. The van der Waals surface area contributed by atoms with Gasteiger partial charge in [0.1, 0.15) is 17.2 Å². The molecule has 1 N–H and O–H groups in total. The van der Waals surface area contributed by atoms with E-state index in [4.69, 9.17) is 4.74 Å². The van der Waals surface area contributed by atoms with Crippen molar-refractivity contribution in [1.82, 2.24) is 19.8 Å². The first-order valence-electron chi connectivity index (χ1n) is 8.97. The highest BCUT2D eigenvalue weighted by Gasteiger charge is 2.46. The number of halogens is 1. The molecule has 0 saturated carbocycles. The fourth-order valence-corrected chi connectivity index (χ4v) is 3.96. The van der Waals surface area contributed by atoms with Crippen LogP contribution in [0.1, 0.15) is 24.2 Å². The van der Waals surface area contributed by atoms with E-state index in [1.54, 1.807) is 13.2 Å². The number of aromatic nitrogens is 2. The molecule has 26 heavy (non-hydrogen) atoms. The van der Waals surface area contributed by atoms with Crippen LogP contribution in [0.2, 0.25) is 0 Å². The summed E-state index contributed by atoms with van der Waals surface area (Å²) < 4.78 is 21.4. The molecule has 3 heterocycles. The van der Waals surface area contributed by atoms with Crippen molar-refractivity contribution < 1.29 is 13.9 Å². The Kier molecular flexibility index (Phi) is 4.50. The first-order valence-corrected chi connectivity index (χ1v) is 8.97. The number of rotatable bonds is 3. The number of hydrogen-bond acceptors (Lipinski definition) is 4. The summed E-state index contributed by atoms with van der Waals surface area (Å²) in [5.41, 5.74) is 0.578. The van der Waals surface area contributed by atoms with Gasteiger partial charge >= 0.3 is 0 Å². The Morgan fingerprint density at radius 2 is 2.08 bits per heavy atom. The van der Waals surface area contributed by atoms with Crippen molar-refractivity contribution in [1.29, 1.82) is 0 Å². The number of amides is 1. The van der Waals surface area contributed by atoms with E-state index in [-0.39, 0.29) is 11.7 Å². The third kappa shape index (κ3) is 3.12. The van der Waals surface area contributed by atoms with Crippen LogP contribution < -0.4 is 5.32 Å². The predicted octanol–water partition coefficient (Wildman–Crippen LogP) is 1.66. The van der Waals surface area contributed by atoms with Gasteiger partial charge in [0.25, 0.3) is 5.91 Å². The number of likely N-dealkylation sites (N-methyl/N-ethyl adjacent to an activating group) is 1. The Morgan fingerprint density at radius 1 is 1.35 bits per heavy atom. The molecule has 6 nitrogen and oxygen atoms in total. The second-order valence-electron chi connectivity index (χ2n) is 7.02.